The van der Waals surface area contributed by atoms with E-state index in [-0.39, 0.29) is 5.78 Å². The zero-order valence-electron chi connectivity index (χ0n) is 9.70. The monoisotopic (exact) mass is 230 g/mol. The highest BCUT2D eigenvalue weighted by Gasteiger charge is 2.16. The molecule has 2 rings (SSSR count). The van der Waals surface area contributed by atoms with Gasteiger partial charge in [-0.25, -0.2) is 0 Å². The van der Waals surface area contributed by atoms with Gasteiger partial charge in [0.1, 0.15) is 0 Å². The van der Waals surface area contributed by atoms with E-state index in [9.17, 15) is 4.79 Å². The molecular weight excluding hydrogens is 216 g/mol. The lowest BCUT2D eigenvalue weighted by atomic mass is 9.95. The molecular formula is C14H14OS. The summed E-state index contributed by atoms with van der Waals surface area (Å²) in [4.78, 5) is 13.5. The van der Waals surface area contributed by atoms with E-state index in [1.54, 1.807) is 11.3 Å². The summed E-state index contributed by atoms with van der Waals surface area (Å²) in [5, 5.41) is 1.97. The van der Waals surface area contributed by atoms with Crippen LogP contribution in [-0.4, -0.2) is 5.78 Å². The maximum atomic E-state index is 12.4. The van der Waals surface area contributed by atoms with Gasteiger partial charge in [0.2, 0.25) is 0 Å². The highest BCUT2D eigenvalue weighted by atomic mass is 32.1. The lowest BCUT2D eigenvalue weighted by Crippen LogP contribution is -2.06. The van der Waals surface area contributed by atoms with Crippen LogP contribution in [0.4, 0.5) is 0 Å². The Morgan fingerprint density at radius 2 is 1.69 bits per heavy atom. The predicted molar refractivity (Wildman–Crippen MR) is 68.4 cm³/mol. The number of thiophene rings is 1. The standard InChI is InChI=1S/C14H14OS/c1-9-5-4-6-10(2)13(9)14(15)12-7-8-16-11(12)3/h4-8H,1-3H3. The maximum Gasteiger partial charge on any atom is 0.194 e. The Morgan fingerprint density at radius 1 is 1.06 bits per heavy atom. The lowest BCUT2D eigenvalue weighted by molar-refractivity contribution is 0.103. The third-order valence-corrected chi connectivity index (χ3v) is 3.66. The lowest BCUT2D eigenvalue weighted by Gasteiger charge is -2.08. The number of hydrogen-bond acceptors (Lipinski definition) is 2. The molecule has 0 aliphatic rings. The van der Waals surface area contributed by atoms with Crippen molar-refractivity contribution in [3.8, 4) is 0 Å². The fourth-order valence-electron chi connectivity index (χ4n) is 1.93. The molecule has 2 heteroatoms. The van der Waals surface area contributed by atoms with Gasteiger partial charge in [0, 0.05) is 16.0 Å². The second kappa shape index (κ2) is 4.22. The molecule has 0 radical (unpaired) electrons. The van der Waals surface area contributed by atoms with Crippen molar-refractivity contribution < 1.29 is 4.79 Å². The van der Waals surface area contributed by atoms with Gasteiger partial charge in [-0.15, -0.1) is 11.3 Å². The van der Waals surface area contributed by atoms with Gasteiger partial charge in [0.05, 0.1) is 0 Å². The predicted octanol–water partition coefficient (Wildman–Crippen LogP) is 3.90. The molecule has 1 aromatic heterocycles. The number of carbonyl (C=O) groups excluding carboxylic acids is 1. The van der Waals surface area contributed by atoms with E-state index < -0.39 is 0 Å². The summed E-state index contributed by atoms with van der Waals surface area (Å²) < 4.78 is 0. The molecule has 82 valence electrons. The summed E-state index contributed by atoms with van der Waals surface area (Å²) in [6, 6.07) is 7.88. The molecule has 0 N–H and O–H groups in total. The normalized spacial score (nSPS) is 10.4. The second-order valence-corrected chi connectivity index (χ2v) is 5.11. The Bertz CT molecular complexity index is 517. The summed E-state index contributed by atoms with van der Waals surface area (Å²) >= 11 is 1.62. The van der Waals surface area contributed by atoms with Crippen LogP contribution in [0.25, 0.3) is 0 Å². The average Bonchev–Trinajstić information content (AvgIpc) is 2.64. The summed E-state index contributed by atoms with van der Waals surface area (Å²) in [6.45, 7) is 5.97. The van der Waals surface area contributed by atoms with E-state index >= 15 is 0 Å². The highest BCUT2D eigenvalue weighted by Crippen LogP contribution is 2.22. The van der Waals surface area contributed by atoms with Gasteiger partial charge < -0.3 is 0 Å². The number of carbonyl (C=O) groups is 1. The number of rotatable bonds is 2. The van der Waals surface area contributed by atoms with E-state index in [1.165, 1.54) is 0 Å². The Morgan fingerprint density at radius 3 is 2.19 bits per heavy atom. The van der Waals surface area contributed by atoms with Gasteiger partial charge >= 0.3 is 0 Å². The van der Waals surface area contributed by atoms with Crippen LogP contribution in [0.3, 0.4) is 0 Å². The molecule has 1 heterocycles. The number of aryl methyl sites for hydroxylation is 3. The number of benzene rings is 1. The molecule has 0 aliphatic carbocycles. The molecule has 0 spiro atoms. The average molecular weight is 230 g/mol. The van der Waals surface area contributed by atoms with Gasteiger partial charge in [-0.3, -0.25) is 4.79 Å². The summed E-state index contributed by atoms with van der Waals surface area (Å²) in [5.74, 6) is 0.148. The van der Waals surface area contributed by atoms with Crippen molar-refractivity contribution in [2.45, 2.75) is 20.8 Å². The SMILES string of the molecule is Cc1cccc(C)c1C(=O)c1ccsc1C. The third-order valence-electron chi connectivity index (χ3n) is 2.81. The van der Waals surface area contributed by atoms with Crippen LogP contribution < -0.4 is 0 Å². The summed E-state index contributed by atoms with van der Waals surface area (Å²) in [5.41, 5.74) is 3.79. The minimum atomic E-state index is 0.148. The van der Waals surface area contributed by atoms with Crippen molar-refractivity contribution in [2.75, 3.05) is 0 Å². The first-order valence-corrected chi connectivity index (χ1v) is 6.14. The van der Waals surface area contributed by atoms with Gasteiger partial charge in [-0.1, -0.05) is 18.2 Å². The molecule has 16 heavy (non-hydrogen) atoms. The molecule has 0 atom stereocenters. The quantitative estimate of drug-likeness (QED) is 0.715. The third kappa shape index (κ3) is 1.81. The van der Waals surface area contributed by atoms with E-state index in [0.29, 0.717) is 0 Å². The van der Waals surface area contributed by atoms with Crippen LogP contribution in [0.2, 0.25) is 0 Å². The fourth-order valence-corrected chi connectivity index (χ4v) is 2.62. The fraction of sp³-hybridized carbons (Fsp3) is 0.214. The first-order chi connectivity index (χ1) is 7.61. The van der Waals surface area contributed by atoms with Gasteiger partial charge in [0.25, 0.3) is 0 Å². The minimum absolute atomic E-state index is 0.148. The van der Waals surface area contributed by atoms with Crippen molar-refractivity contribution in [3.05, 3.63) is 56.8 Å². The molecule has 1 nitrogen and oxygen atoms in total. The molecule has 0 bridgehead atoms. The summed E-state index contributed by atoms with van der Waals surface area (Å²) in [7, 11) is 0. The molecule has 0 unspecified atom stereocenters. The first-order valence-electron chi connectivity index (χ1n) is 5.26. The zero-order valence-corrected chi connectivity index (χ0v) is 10.5. The molecule has 0 saturated carbocycles. The highest BCUT2D eigenvalue weighted by molar-refractivity contribution is 7.10. The van der Waals surface area contributed by atoms with Crippen LogP contribution >= 0.6 is 11.3 Å². The van der Waals surface area contributed by atoms with Crippen molar-refractivity contribution in [1.82, 2.24) is 0 Å². The Balaban J connectivity index is 2.54. The van der Waals surface area contributed by atoms with Gasteiger partial charge in [0.15, 0.2) is 5.78 Å². The van der Waals surface area contributed by atoms with Crippen LogP contribution in [-0.2, 0) is 0 Å². The Labute approximate surface area is 99.8 Å². The Kier molecular flexibility index (Phi) is 2.92. The van der Waals surface area contributed by atoms with Crippen LogP contribution in [0.5, 0.6) is 0 Å². The molecule has 0 aliphatic heterocycles. The van der Waals surface area contributed by atoms with Gasteiger partial charge in [-0.2, -0.15) is 0 Å². The molecule has 1 aromatic carbocycles. The number of ketones is 1. The minimum Gasteiger partial charge on any atom is -0.289 e. The van der Waals surface area contributed by atoms with E-state index in [1.807, 2.05) is 50.4 Å². The second-order valence-electron chi connectivity index (χ2n) is 3.99. The molecule has 2 aromatic rings. The Hall–Kier alpha value is -1.41. The van der Waals surface area contributed by atoms with Crippen molar-refractivity contribution in [3.63, 3.8) is 0 Å². The van der Waals surface area contributed by atoms with Crippen molar-refractivity contribution in [2.24, 2.45) is 0 Å². The molecule has 0 fully saturated rings. The topological polar surface area (TPSA) is 17.1 Å². The molecule has 0 amide bonds. The first kappa shape index (κ1) is 11.1. The summed E-state index contributed by atoms with van der Waals surface area (Å²) in [6.07, 6.45) is 0. The van der Waals surface area contributed by atoms with Crippen molar-refractivity contribution >= 4 is 17.1 Å². The van der Waals surface area contributed by atoms with Crippen molar-refractivity contribution in [1.29, 1.82) is 0 Å². The van der Waals surface area contributed by atoms with Gasteiger partial charge in [-0.05, 0) is 43.3 Å². The van der Waals surface area contributed by atoms with Crippen LogP contribution in [0.1, 0.15) is 31.9 Å². The van der Waals surface area contributed by atoms with E-state index in [0.717, 1.165) is 27.1 Å². The maximum absolute atomic E-state index is 12.4. The van der Waals surface area contributed by atoms with E-state index in [2.05, 4.69) is 0 Å². The smallest absolute Gasteiger partial charge is 0.194 e. The van der Waals surface area contributed by atoms with E-state index in [4.69, 9.17) is 0 Å². The largest absolute Gasteiger partial charge is 0.289 e. The molecule has 0 saturated heterocycles. The van der Waals surface area contributed by atoms with Crippen LogP contribution in [0, 0.1) is 20.8 Å². The number of hydrogen-bond donors (Lipinski definition) is 0. The zero-order chi connectivity index (χ0) is 11.7. The van der Waals surface area contributed by atoms with Crippen LogP contribution in [0.15, 0.2) is 29.6 Å².